The number of nitrogens with one attached hydrogen (secondary N) is 1. The molecular weight excluding hydrogens is 201 g/mol. The molecule has 94 valence electrons. The average Bonchev–Trinajstić information content (AvgIpc) is 2.33. The third kappa shape index (κ3) is 2.77. The van der Waals surface area contributed by atoms with Crippen LogP contribution >= 0.6 is 0 Å². The van der Waals surface area contributed by atoms with Crippen LogP contribution in [0.3, 0.4) is 0 Å². The zero-order chi connectivity index (χ0) is 11.5. The maximum absolute atomic E-state index is 14.4. The quantitative estimate of drug-likeness (QED) is 0.762. The molecule has 1 aliphatic heterocycles. The minimum Gasteiger partial charge on any atom is -0.317 e. The van der Waals surface area contributed by atoms with Gasteiger partial charge in [-0.05, 0) is 62.4 Å². The van der Waals surface area contributed by atoms with Gasteiger partial charge < -0.3 is 5.32 Å². The minimum atomic E-state index is -0.531. The van der Waals surface area contributed by atoms with Gasteiger partial charge in [0.15, 0.2) is 0 Å². The zero-order valence-corrected chi connectivity index (χ0v) is 10.7. The lowest BCUT2D eigenvalue weighted by atomic mass is 9.71. The molecule has 2 heteroatoms. The second-order valence-corrected chi connectivity index (χ2v) is 6.06. The van der Waals surface area contributed by atoms with E-state index in [1.54, 1.807) is 0 Å². The Hall–Kier alpha value is -0.110. The van der Waals surface area contributed by atoms with Gasteiger partial charge in [0, 0.05) is 0 Å². The van der Waals surface area contributed by atoms with E-state index in [1.807, 2.05) is 0 Å². The Morgan fingerprint density at radius 1 is 0.938 bits per heavy atom. The van der Waals surface area contributed by atoms with Crippen LogP contribution < -0.4 is 5.32 Å². The van der Waals surface area contributed by atoms with Gasteiger partial charge in [0.1, 0.15) is 6.17 Å². The van der Waals surface area contributed by atoms with E-state index in [-0.39, 0.29) is 0 Å². The average molecular weight is 227 g/mol. The summed E-state index contributed by atoms with van der Waals surface area (Å²) in [6.07, 6.45) is 5.03. The monoisotopic (exact) mass is 227 g/mol. The molecule has 1 aliphatic carbocycles. The largest absolute Gasteiger partial charge is 0.317 e. The molecule has 0 aromatic rings. The van der Waals surface area contributed by atoms with Gasteiger partial charge in [0.2, 0.25) is 0 Å². The Morgan fingerprint density at radius 3 is 2.25 bits per heavy atom. The minimum absolute atomic E-state index is 0.340. The Balaban J connectivity index is 1.86. The predicted molar refractivity (Wildman–Crippen MR) is 66.2 cm³/mol. The smallest absolute Gasteiger partial charge is 0.106 e. The third-order valence-corrected chi connectivity index (χ3v) is 4.92. The maximum atomic E-state index is 14.4. The summed E-state index contributed by atoms with van der Waals surface area (Å²) >= 11 is 0. The molecular formula is C14H26FN. The van der Waals surface area contributed by atoms with Crippen LogP contribution in [-0.2, 0) is 0 Å². The lowest BCUT2D eigenvalue weighted by molar-refractivity contribution is 0.0693. The van der Waals surface area contributed by atoms with Crippen molar-refractivity contribution < 1.29 is 4.39 Å². The number of piperidine rings is 1. The first-order valence-electron chi connectivity index (χ1n) is 7.03. The maximum Gasteiger partial charge on any atom is 0.106 e. The summed E-state index contributed by atoms with van der Waals surface area (Å²) in [4.78, 5) is 0. The summed E-state index contributed by atoms with van der Waals surface area (Å²) in [5.41, 5.74) is 0. The van der Waals surface area contributed by atoms with Gasteiger partial charge in [0.25, 0.3) is 0 Å². The molecule has 0 spiro atoms. The molecule has 0 radical (unpaired) electrons. The van der Waals surface area contributed by atoms with Gasteiger partial charge >= 0.3 is 0 Å². The molecule has 4 atom stereocenters. The number of hydrogen-bond donors (Lipinski definition) is 1. The lowest BCUT2D eigenvalue weighted by Gasteiger charge is -2.37. The van der Waals surface area contributed by atoms with Crippen LogP contribution in [0, 0.1) is 23.7 Å². The molecule has 0 aromatic carbocycles. The molecule has 2 fully saturated rings. The summed E-state index contributed by atoms with van der Waals surface area (Å²) in [6.45, 7) is 6.65. The van der Waals surface area contributed by atoms with E-state index in [0.29, 0.717) is 11.8 Å². The van der Waals surface area contributed by atoms with Crippen molar-refractivity contribution in [1.29, 1.82) is 0 Å². The lowest BCUT2D eigenvalue weighted by Crippen LogP contribution is -2.37. The predicted octanol–water partition coefficient (Wildman–Crippen LogP) is 3.40. The molecule has 16 heavy (non-hydrogen) atoms. The van der Waals surface area contributed by atoms with Crippen molar-refractivity contribution >= 4 is 0 Å². The van der Waals surface area contributed by atoms with E-state index in [0.717, 1.165) is 50.6 Å². The van der Waals surface area contributed by atoms with Gasteiger partial charge in [-0.25, -0.2) is 4.39 Å². The number of halogens is 1. The van der Waals surface area contributed by atoms with E-state index in [9.17, 15) is 4.39 Å². The summed E-state index contributed by atoms with van der Waals surface area (Å²) in [6, 6.07) is 0. The Bertz CT molecular complexity index is 213. The zero-order valence-electron chi connectivity index (χ0n) is 10.7. The Morgan fingerprint density at radius 2 is 1.62 bits per heavy atom. The summed E-state index contributed by atoms with van der Waals surface area (Å²) in [5.74, 6) is 2.22. The van der Waals surface area contributed by atoms with Crippen LogP contribution in [0.2, 0.25) is 0 Å². The molecule has 2 aliphatic rings. The first kappa shape index (κ1) is 12.3. The second kappa shape index (κ2) is 5.48. The molecule has 4 unspecified atom stereocenters. The van der Waals surface area contributed by atoms with Crippen molar-refractivity contribution in [2.24, 2.45) is 23.7 Å². The van der Waals surface area contributed by atoms with E-state index >= 15 is 0 Å². The van der Waals surface area contributed by atoms with Crippen molar-refractivity contribution in [3.05, 3.63) is 0 Å². The van der Waals surface area contributed by atoms with E-state index in [2.05, 4.69) is 19.2 Å². The molecule has 0 amide bonds. The molecule has 0 aromatic heterocycles. The SMILES string of the molecule is CC1CCC(C(F)C2CCNCC2)CC1C. The summed E-state index contributed by atoms with van der Waals surface area (Å²) in [7, 11) is 0. The van der Waals surface area contributed by atoms with Crippen molar-refractivity contribution in [3.8, 4) is 0 Å². The number of rotatable bonds is 2. The summed E-state index contributed by atoms with van der Waals surface area (Å²) < 4.78 is 14.4. The van der Waals surface area contributed by atoms with Gasteiger partial charge in [-0.1, -0.05) is 20.3 Å². The molecule has 2 rings (SSSR count). The van der Waals surface area contributed by atoms with Crippen molar-refractivity contribution in [2.45, 2.75) is 52.1 Å². The normalized spacial score (nSPS) is 39.6. The third-order valence-electron chi connectivity index (χ3n) is 4.92. The van der Waals surface area contributed by atoms with Crippen molar-refractivity contribution in [2.75, 3.05) is 13.1 Å². The fourth-order valence-electron chi connectivity index (χ4n) is 3.43. The Kier molecular flexibility index (Phi) is 4.23. The van der Waals surface area contributed by atoms with Crippen LogP contribution in [0.15, 0.2) is 0 Å². The number of alkyl halides is 1. The topological polar surface area (TPSA) is 12.0 Å². The van der Waals surface area contributed by atoms with Crippen LogP contribution in [0.5, 0.6) is 0 Å². The van der Waals surface area contributed by atoms with Crippen molar-refractivity contribution in [3.63, 3.8) is 0 Å². The van der Waals surface area contributed by atoms with E-state index in [4.69, 9.17) is 0 Å². The molecule has 1 saturated heterocycles. The van der Waals surface area contributed by atoms with Crippen LogP contribution in [0.25, 0.3) is 0 Å². The van der Waals surface area contributed by atoms with Gasteiger partial charge in [-0.2, -0.15) is 0 Å². The van der Waals surface area contributed by atoms with E-state index < -0.39 is 6.17 Å². The highest BCUT2D eigenvalue weighted by Crippen LogP contribution is 2.39. The number of hydrogen-bond acceptors (Lipinski definition) is 1. The summed E-state index contributed by atoms with van der Waals surface area (Å²) in [5, 5.41) is 3.32. The van der Waals surface area contributed by atoms with Gasteiger partial charge in [-0.15, -0.1) is 0 Å². The van der Waals surface area contributed by atoms with E-state index in [1.165, 1.54) is 6.42 Å². The fraction of sp³-hybridized carbons (Fsp3) is 1.00. The highest BCUT2D eigenvalue weighted by atomic mass is 19.1. The molecule has 0 bridgehead atoms. The van der Waals surface area contributed by atoms with Crippen LogP contribution in [-0.4, -0.2) is 19.3 Å². The van der Waals surface area contributed by atoms with Gasteiger partial charge in [-0.3, -0.25) is 0 Å². The molecule has 1 saturated carbocycles. The first-order chi connectivity index (χ1) is 7.68. The second-order valence-electron chi connectivity index (χ2n) is 6.06. The highest BCUT2D eigenvalue weighted by Gasteiger charge is 2.34. The standard InChI is InChI=1S/C14H26FN/c1-10-3-4-13(9-11(10)2)14(15)12-5-7-16-8-6-12/h10-14,16H,3-9H2,1-2H3. The highest BCUT2D eigenvalue weighted by molar-refractivity contribution is 4.85. The van der Waals surface area contributed by atoms with Crippen LogP contribution in [0.1, 0.15) is 46.0 Å². The molecule has 1 heterocycles. The molecule has 1 nitrogen and oxygen atoms in total. The molecule has 1 N–H and O–H groups in total. The van der Waals surface area contributed by atoms with Gasteiger partial charge in [0.05, 0.1) is 0 Å². The first-order valence-corrected chi connectivity index (χ1v) is 7.03. The van der Waals surface area contributed by atoms with Crippen molar-refractivity contribution in [1.82, 2.24) is 5.32 Å². The van der Waals surface area contributed by atoms with Crippen LogP contribution in [0.4, 0.5) is 4.39 Å². The fourth-order valence-corrected chi connectivity index (χ4v) is 3.43. The Labute approximate surface area is 99.2 Å².